The Morgan fingerprint density at radius 1 is 1.53 bits per heavy atom. The second-order valence-corrected chi connectivity index (χ2v) is 5.11. The standard InChI is InChI=1S/C11H20N2OS/c1-3-5-12-6-4-11(2,14)7-10-8-13-9-15-10/h8-9,12,14H,3-7H2,1-2H3. The first-order chi connectivity index (χ1) is 7.14. The monoisotopic (exact) mass is 228 g/mol. The van der Waals surface area contributed by atoms with Crippen molar-refractivity contribution >= 4 is 11.3 Å². The fourth-order valence-electron chi connectivity index (χ4n) is 1.45. The Labute approximate surface area is 95.6 Å². The highest BCUT2D eigenvalue weighted by atomic mass is 32.1. The van der Waals surface area contributed by atoms with Crippen LogP contribution in [0.4, 0.5) is 0 Å². The Bertz CT molecular complexity index is 260. The zero-order chi connectivity index (χ0) is 11.1. The molecule has 0 spiro atoms. The van der Waals surface area contributed by atoms with Crippen molar-refractivity contribution in [2.45, 2.75) is 38.7 Å². The quantitative estimate of drug-likeness (QED) is 0.700. The predicted octanol–water partition coefficient (Wildman–Crippen LogP) is 1.83. The van der Waals surface area contributed by atoms with Gasteiger partial charge in [-0.05, 0) is 32.9 Å². The second-order valence-electron chi connectivity index (χ2n) is 4.14. The van der Waals surface area contributed by atoms with E-state index in [1.54, 1.807) is 16.8 Å². The average Bonchev–Trinajstić information content (AvgIpc) is 2.64. The van der Waals surface area contributed by atoms with Crippen molar-refractivity contribution in [3.63, 3.8) is 0 Å². The molecule has 4 heteroatoms. The van der Waals surface area contributed by atoms with Crippen molar-refractivity contribution in [3.05, 3.63) is 16.6 Å². The molecule has 0 bridgehead atoms. The number of nitrogens with one attached hydrogen (secondary N) is 1. The SMILES string of the molecule is CCCNCCC(C)(O)Cc1cncs1. The van der Waals surface area contributed by atoms with Crippen LogP contribution in [0.15, 0.2) is 11.7 Å². The maximum Gasteiger partial charge on any atom is 0.0794 e. The summed E-state index contributed by atoms with van der Waals surface area (Å²) in [7, 11) is 0. The number of thiazole rings is 1. The van der Waals surface area contributed by atoms with E-state index in [4.69, 9.17) is 0 Å². The van der Waals surface area contributed by atoms with Crippen molar-refractivity contribution in [1.82, 2.24) is 10.3 Å². The molecule has 0 fully saturated rings. The number of aliphatic hydroxyl groups is 1. The van der Waals surface area contributed by atoms with E-state index < -0.39 is 5.60 Å². The molecule has 1 rings (SSSR count). The van der Waals surface area contributed by atoms with Crippen molar-refractivity contribution in [2.24, 2.45) is 0 Å². The van der Waals surface area contributed by atoms with Gasteiger partial charge in [-0.1, -0.05) is 6.92 Å². The minimum absolute atomic E-state index is 0.618. The molecule has 1 aromatic heterocycles. The molecule has 1 aromatic rings. The largest absolute Gasteiger partial charge is 0.390 e. The smallest absolute Gasteiger partial charge is 0.0794 e. The van der Waals surface area contributed by atoms with Crippen LogP contribution in [0, 0.1) is 0 Å². The first-order valence-electron chi connectivity index (χ1n) is 5.44. The van der Waals surface area contributed by atoms with Gasteiger partial charge in [0.05, 0.1) is 11.1 Å². The molecule has 0 radical (unpaired) electrons. The van der Waals surface area contributed by atoms with Crippen molar-refractivity contribution < 1.29 is 5.11 Å². The molecule has 1 heterocycles. The van der Waals surface area contributed by atoms with Gasteiger partial charge in [-0.3, -0.25) is 4.98 Å². The molecule has 0 aliphatic carbocycles. The molecule has 15 heavy (non-hydrogen) atoms. The van der Waals surface area contributed by atoms with Crippen LogP contribution in [0.5, 0.6) is 0 Å². The first kappa shape index (κ1) is 12.6. The van der Waals surface area contributed by atoms with Crippen LogP contribution in [0.2, 0.25) is 0 Å². The van der Waals surface area contributed by atoms with E-state index >= 15 is 0 Å². The summed E-state index contributed by atoms with van der Waals surface area (Å²) < 4.78 is 0. The molecule has 1 unspecified atom stereocenters. The summed E-state index contributed by atoms with van der Waals surface area (Å²) in [6.45, 7) is 5.93. The third-order valence-electron chi connectivity index (χ3n) is 2.31. The predicted molar refractivity (Wildman–Crippen MR) is 64.2 cm³/mol. The van der Waals surface area contributed by atoms with Gasteiger partial charge in [0.15, 0.2) is 0 Å². The Hall–Kier alpha value is -0.450. The fraction of sp³-hybridized carbons (Fsp3) is 0.727. The summed E-state index contributed by atoms with van der Waals surface area (Å²) in [5.41, 5.74) is 1.19. The molecular weight excluding hydrogens is 208 g/mol. The third-order valence-corrected chi connectivity index (χ3v) is 3.09. The molecule has 0 aliphatic rings. The summed E-state index contributed by atoms with van der Waals surface area (Å²) in [5, 5.41) is 13.4. The van der Waals surface area contributed by atoms with Crippen molar-refractivity contribution in [1.29, 1.82) is 0 Å². The highest BCUT2D eigenvalue weighted by Gasteiger charge is 2.20. The van der Waals surface area contributed by atoms with Gasteiger partial charge in [-0.25, -0.2) is 0 Å². The Morgan fingerprint density at radius 2 is 2.33 bits per heavy atom. The number of rotatable bonds is 7. The van der Waals surface area contributed by atoms with E-state index in [1.165, 1.54) is 0 Å². The van der Waals surface area contributed by atoms with Crippen LogP contribution in [-0.4, -0.2) is 28.8 Å². The fourth-order valence-corrected chi connectivity index (χ4v) is 2.23. The van der Waals surface area contributed by atoms with Crippen LogP contribution < -0.4 is 5.32 Å². The molecule has 3 nitrogen and oxygen atoms in total. The zero-order valence-electron chi connectivity index (χ0n) is 9.49. The number of hydrogen-bond donors (Lipinski definition) is 2. The third kappa shape index (κ3) is 5.25. The molecule has 0 saturated carbocycles. The van der Waals surface area contributed by atoms with Gasteiger partial charge in [0.1, 0.15) is 0 Å². The van der Waals surface area contributed by atoms with Gasteiger partial charge in [-0.15, -0.1) is 11.3 Å². The minimum Gasteiger partial charge on any atom is -0.390 e. The summed E-state index contributed by atoms with van der Waals surface area (Å²) in [5.74, 6) is 0. The lowest BCUT2D eigenvalue weighted by Crippen LogP contribution is -2.32. The summed E-state index contributed by atoms with van der Waals surface area (Å²) in [4.78, 5) is 5.16. The number of aromatic nitrogens is 1. The summed E-state index contributed by atoms with van der Waals surface area (Å²) in [6.07, 6.45) is 4.45. The first-order valence-corrected chi connectivity index (χ1v) is 6.32. The van der Waals surface area contributed by atoms with Gasteiger partial charge >= 0.3 is 0 Å². The highest BCUT2D eigenvalue weighted by Crippen LogP contribution is 2.18. The molecule has 0 aromatic carbocycles. The van der Waals surface area contributed by atoms with Crippen LogP contribution in [0.3, 0.4) is 0 Å². The Balaban J connectivity index is 2.25. The van der Waals surface area contributed by atoms with E-state index in [-0.39, 0.29) is 0 Å². The molecular formula is C11H20N2OS. The van der Waals surface area contributed by atoms with Crippen molar-refractivity contribution in [2.75, 3.05) is 13.1 Å². The number of hydrogen-bond acceptors (Lipinski definition) is 4. The maximum atomic E-state index is 10.1. The van der Waals surface area contributed by atoms with Gasteiger partial charge in [-0.2, -0.15) is 0 Å². The van der Waals surface area contributed by atoms with E-state index in [0.29, 0.717) is 6.42 Å². The Morgan fingerprint density at radius 3 is 2.93 bits per heavy atom. The van der Waals surface area contributed by atoms with E-state index in [0.717, 1.165) is 30.8 Å². The van der Waals surface area contributed by atoms with Gasteiger partial charge in [0, 0.05) is 17.5 Å². The molecule has 86 valence electrons. The minimum atomic E-state index is -0.618. The zero-order valence-corrected chi connectivity index (χ0v) is 10.3. The summed E-state index contributed by atoms with van der Waals surface area (Å²) >= 11 is 1.60. The normalized spacial score (nSPS) is 15.1. The second kappa shape index (κ2) is 6.20. The van der Waals surface area contributed by atoms with Gasteiger partial charge in [0.2, 0.25) is 0 Å². The van der Waals surface area contributed by atoms with Gasteiger partial charge < -0.3 is 10.4 Å². The lowest BCUT2D eigenvalue weighted by molar-refractivity contribution is 0.0523. The number of nitrogens with zero attached hydrogens (tertiary/aromatic N) is 1. The van der Waals surface area contributed by atoms with Crippen LogP contribution in [-0.2, 0) is 6.42 Å². The maximum absolute atomic E-state index is 10.1. The summed E-state index contributed by atoms with van der Waals surface area (Å²) in [6, 6.07) is 0. The van der Waals surface area contributed by atoms with E-state index in [9.17, 15) is 5.11 Å². The van der Waals surface area contributed by atoms with E-state index in [2.05, 4.69) is 17.2 Å². The molecule has 0 saturated heterocycles. The van der Waals surface area contributed by atoms with Crippen molar-refractivity contribution in [3.8, 4) is 0 Å². The molecule has 0 aliphatic heterocycles. The van der Waals surface area contributed by atoms with E-state index in [1.807, 2.05) is 13.1 Å². The molecule has 1 atom stereocenters. The van der Waals surface area contributed by atoms with Crippen LogP contribution in [0.1, 0.15) is 31.6 Å². The lowest BCUT2D eigenvalue weighted by atomic mass is 9.97. The lowest BCUT2D eigenvalue weighted by Gasteiger charge is -2.22. The van der Waals surface area contributed by atoms with Crippen LogP contribution in [0.25, 0.3) is 0 Å². The van der Waals surface area contributed by atoms with Gasteiger partial charge in [0.25, 0.3) is 0 Å². The topological polar surface area (TPSA) is 45.1 Å². The molecule has 2 N–H and O–H groups in total. The van der Waals surface area contributed by atoms with Crippen LogP contribution >= 0.6 is 11.3 Å². The highest BCUT2D eigenvalue weighted by molar-refractivity contribution is 7.09. The average molecular weight is 228 g/mol. The Kier molecular flexibility index (Phi) is 5.22. The molecule has 0 amide bonds.